The van der Waals surface area contributed by atoms with Gasteiger partial charge in [0.2, 0.25) is 5.91 Å². The predicted molar refractivity (Wildman–Crippen MR) is 111 cm³/mol. The van der Waals surface area contributed by atoms with Crippen molar-refractivity contribution in [3.05, 3.63) is 41.4 Å². The molecule has 1 saturated heterocycles. The molecular formula is C20H24ClN3O4. The first-order valence-corrected chi connectivity index (χ1v) is 9.36. The summed E-state index contributed by atoms with van der Waals surface area (Å²) >= 11 is 6.16. The standard InChI is InChI=1S/C20H24ClN3O4/c1-26-15-4-6-19(27-2)17(12-15)23-20(25)13-22-16-11-14(21)3-5-18(16)24-7-9-28-10-8-24/h3-6,11-12,22H,7-10,13H2,1-2H3,(H,23,25). The Kier molecular flexibility index (Phi) is 6.84. The molecule has 3 rings (SSSR count). The van der Waals surface area contributed by atoms with Gasteiger partial charge in [-0.3, -0.25) is 4.79 Å². The lowest BCUT2D eigenvalue weighted by molar-refractivity contribution is -0.114. The summed E-state index contributed by atoms with van der Waals surface area (Å²) in [6.07, 6.45) is 0. The number of anilines is 3. The SMILES string of the molecule is COc1ccc(OC)c(NC(=O)CNc2cc(Cl)ccc2N2CCOCC2)c1. The van der Waals surface area contributed by atoms with Crippen LogP contribution in [-0.2, 0) is 9.53 Å². The van der Waals surface area contributed by atoms with Gasteiger partial charge in [0.05, 0.1) is 51.0 Å². The number of ether oxygens (including phenoxy) is 3. The third kappa shape index (κ3) is 4.99. The Hall–Kier alpha value is -2.64. The van der Waals surface area contributed by atoms with Crippen LogP contribution in [0.15, 0.2) is 36.4 Å². The summed E-state index contributed by atoms with van der Waals surface area (Å²) in [4.78, 5) is 14.7. The minimum atomic E-state index is -0.209. The van der Waals surface area contributed by atoms with Crippen molar-refractivity contribution < 1.29 is 19.0 Å². The highest BCUT2D eigenvalue weighted by Crippen LogP contribution is 2.31. The molecule has 0 unspecified atom stereocenters. The maximum Gasteiger partial charge on any atom is 0.243 e. The normalized spacial score (nSPS) is 13.8. The summed E-state index contributed by atoms with van der Waals surface area (Å²) in [5.41, 5.74) is 2.36. The molecule has 0 atom stereocenters. The smallest absolute Gasteiger partial charge is 0.243 e. The molecule has 2 aromatic rings. The van der Waals surface area contributed by atoms with Crippen LogP contribution in [0.4, 0.5) is 17.1 Å². The van der Waals surface area contributed by atoms with Crippen LogP contribution in [0.3, 0.4) is 0 Å². The molecule has 0 bridgehead atoms. The van der Waals surface area contributed by atoms with Gasteiger partial charge in [-0.25, -0.2) is 0 Å². The van der Waals surface area contributed by atoms with Crippen LogP contribution in [0.1, 0.15) is 0 Å². The van der Waals surface area contributed by atoms with Crippen molar-refractivity contribution in [3.8, 4) is 11.5 Å². The van der Waals surface area contributed by atoms with Gasteiger partial charge in [0, 0.05) is 24.2 Å². The second kappa shape index (κ2) is 9.52. The molecule has 1 amide bonds. The zero-order valence-corrected chi connectivity index (χ0v) is 16.7. The van der Waals surface area contributed by atoms with Gasteiger partial charge < -0.3 is 29.7 Å². The number of amides is 1. The second-order valence-corrected chi connectivity index (χ2v) is 6.67. The van der Waals surface area contributed by atoms with Crippen LogP contribution in [0.5, 0.6) is 11.5 Å². The molecule has 0 saturated carbocycles. The van der Waals surface area contributed by atoms with E-state index in [4.69, 9.17) is 25.8 Å². The summed E-state index contributed by atoms with van der Waals surface area (Å²) in [6, 6.07) is 10.9. The quantitative estimate of drug-likeness (QED) is 0.736. The Bertz CT molecular complexity index is 825. The number of nitrogens with zero attached hydrogens (tertiary/aromatic N) is 1. The van der Waals surface area contributed by atoms with Gasteiger partial charge in [-0.2, -0.15) is 0 Å². The molecule has 2 aromatic carbocycles. The minimum Gasteiger partial charge on any atom is -0.497 e. The van der Waals surface area contributed by atoms with E-state index < -0.39 is 0 Å². The van der Waals surface area contributed by atoms with Crippen LogP contribution < -0.4 is 25.0 Å². The van der Waals surface area contributed by atoms with Gasteiger partial charge in [-0.1, -0.05) is 11.6 Å². The van der Waals surface area contributed by atoms with E-state index in [-0.39, 0.29) is 12.5 Å². The minimum absolute atomic E-state index is 0.0814. The van der Waals surface area contributed by atoms with Gasteiger partial charge in [-0.15, -0.1) is 0 Å². The molecule has 28 heavy (non-hydrogen) atoms. The van der Waals surface area contributed by atoms with Gasteiger partial charge in [0.25, 0.3) is 0 Å². The number of methoxy groups -OCH3 is 2. The number of carbonyl (C=O) groups excluding carboxylic acids is 1. The molecule has 7 nitrogen and oxygen atoms in total. The van der Waals surface area contributed by atoms with Crippen molar-refractivity contribution >= 4 is 34.6 Å². The first-order valence-electron chi connectivity index (χ1n) is 8.98. The highest BCUT2D eigenvalue weighted by atomic mass is 35.5. The third-order valence-electron chi connectivity index (χ3n) is 4.43. The highest BCUT2D eigenvalue weighted by Gasteiger charge is 2.16. The van der Waals surface area contributed by atoms with E-state index in [0.29, 0.717) is 35.4 Å². The molecule has 150 valence electrons. The van der Waals surface area contributed by atoms with E-state index in [9.17, 15) is 4.79 Å². The van der Waals surface area contributed by atoms with Crippen LogP contribution in [0.2, 0.25) is 5.02 Å². The number of hydrogen-bond acceptors (Lipinski definition) is 6. The highest BCUT2D eigenvalue weighted by molar-refractivity contribution is 6.31. The Morgan fingerprint density at radius 1 is 1.11 bits per heavy atom. The summed E-state index contributed by atoms with van der Waals surface area (Å²) in [6.45, 7) is 3.03. The van der Waals surface area contributed by atoms with Crippen LogP contribution in [0, 0.1) is 0 Å². The van der Waals surface area contributed by atoms with Crippen molar-refractivity contribution in [2.75, 3.05) is 62.6 Å². The Labute approximate surface area is 169 Å². The molecule has 1 aliphatic rings. The summed E-state index contributed by atoms with van der Waals surface area (Å²) in [5.74, 6) is 0.985. The Morgan fingerprint density at radius 3 is 2.61 bits per heavy atom. The number of hydrogen-bond donors (Lipinski definition) is 2. The van der Waals surface area contributed by atoms with Crippen LogP contribution in [0.25, 0.3) is 0 Å². The summed E-state index contributed by atoms with van der Waals surface area (Å²) in [7, 11) is 3.12. The van der Waals surface area contributed by atoms with Crippen molar-refractivity contribution in [2.45, 2.75) is 0 Å². The lowest BCUT2D eigenvalue weighted by Crippen LogP contribution is -2.36. The number of morpholine rings is 1. The number of halogens is 1. The van der Waals surface area contributed by atoms with Crippen molar-refractivity contribution in [2.24, 2.45) is 0 Å². The van der Waals surface area contributed by atoms with E-state index in [1.165, 1.54) is 0 Å². The van der Waals surface area contributed by atoms with E-state index in [1.807, 2.05) is 18.2 Å². The van der Waals surface area contributed by atoms with Crippen molar-refractivity contribution in [1.82, 2.24) is 0 Å². The maximum absolute atomic E-state index is 12.5. The molecule has 0 aromatic heterocycles. The molecule has 1 aliphatic heterocycles. The molecule has 8 heteroatoms. The predicted octanol–water partition coefficient (Wildman–Crippen LogP) is 3.24. The third-order valence-corrected chi connectivity index (χ3v) is 4.67. The monoisotopic (exact) mass is 405 g/mol. The van der Waals surface area contributed by atoms with E-state index in [0.717, 1.165) is 24.5 Å². The fourth-order valence-electron chi connectivity index (χ4n) is 3.01. The fourth-order valence-corrected chi connectivity index (χ4v) is 3.18. The zero-order valence-electron chi connectivity index (χ0n) is 16.0. The van der Waals surface area contributed by atoms with E-state index in [2.05, 4.69) is 15.5 Å². The van der Waals surface area contributed by atoms with Crippen molar-refractivity contribution in [3.63, 3.8) is 0 Å². The topological polar surface area (TPSA) is 72.1 Å². The van der Waals surface area contributed by atoms with Crippen molar-refractivity contribution in [1.29, 1.82) is 0 Å². The molecule has 0 spiro atoms. The van der Waals surface area contributed by atoms with E-state index >= 15 is 0 Å². The van der Waals surface area contributed by atoms with Gasteiger partial charge in [0.15, 0.2) is 0 Å². The average molecular weight is 406 g/mol. The first-order chi connectivity index (χ1) is 13.6. The number of nitrogens with one attached hydrogen (secondary N) is 2. The van der Waals surface area contributed by atoms with E-state index in [1.54, 1.807) is 32.4 Å². The summed E-state index contributed by atoms with van der Waals surface area (Å²) < 4.78 is 15.9. The first kappa shape index (κ1) is 20.1. The average Bonchev–Trinajstić information content (AvgIpc) is 2.73. The fraction of sp³-hybridized carbons (Fsp3) is 0.350. The van der Waals surface area contributed by atoms with Crippen LogP contribution in [-0.4, -0.2) is 53.0 Å². The zero-order chi connectivity index (χ0) is 19.9. The largest absolute Gasteiger partial charge is 0.497 e. The number of benzene rings is 2. The molecule has 0 radical (unpaired) electrons. The summed E-state index contributed by atoms with van der Waals surface area (Å²) in [5, 5.41) is 6.64. The second-order valence-electron chi connectivity index (χ2n) is 6.23. The Morgan fingerprint density at radius 2 is 1.89 bits per heavy atom. The van der Waals surface area contributed by atoms with Gasteiger partial charge >= 0.3 is 0 Å². The molecule has 1 fully saturated rings. The molecule has 0 aliphatic carbocycles. The lowest BCUT2D eigenvalue weighted by Gasteiger charge is -2.30. The molecule has 1 heterocycles. The maximum atomic E-state index is 12.5. The van der Waals surface area contributed by atoms with Crippen LogP contribution >= 0.6 is 11.6 Å². The molecular weight excluding hydrogens is 382 g/mol. The Balaban J connectivity index is 1.69. The number of rotatable bonds is 7. The van der Waals surface area contributed by atoms with Gasteiger partial charge in [0.1, 0.15) is 11.5 Å². The van der Waals surface area contributed by atoms with Gasteiger partial charge in [-0.05, 0) is 30.3 Å². The molecule has 2 N–H and O–H groups in total. The lowest BCUT2D eigenvalue weighted by atomic mass is 10.2. The number of carbonyl (C=O) groups is 1.